The number of nitrogens with one attached hydrogen (secondary N) is 1. The molecule has 0 spiro atoms. The van der Waals surface area contributed by atoms with Crippen molar-refractivity contribution in [1.29, 1.82) is 0 Å². The smallest absolute Gasteiger partial charge is 0.256 e. The molecule has 0 unspecified atom stereocenters. The molecule has 2 rings (SSSR count). The Bertz CT molecular complexity index is 581. The monoisotopic (exact) mass is 288 g/mol. The number of anilines is 1. The fourth-order valence-corrected chi connectivity index (χ4v) is 1.94. The van der Waals surface area contributed by atoms with Gasteiger partial charge in [-0.05, 0) is 18.6 Å². The Hall–Kier alpha value is -2.37. The van der Waals surface area contributed by atoms with Crippen LogP contribution in [0.4, 0.5) is 5.82 Å². The molecule has 6 nitrogen and oxygen atoms in total. The van der Waals surface area contributed by atoms with E-state index in [1.807, 2.05) is 0 Å². The van der Waals surface area contributed by atoms with E-state index in [1.54, 1.807) is 12.1 Å². The third kappa shape index (κ3) is 4.05. The number of nitrogens with zero attached hydrogens (tertiary/aromatic N) is 2. The summed E-state index contributed by atoms with van der Waals surface area (Å²) in [6, 6.07) is 3.48. The SMILES string of the molecule is CCCCCCNC(=O)c1cnc(-c2ccco2)nc1N. The first-order valence-corrected chi connectivity index (χ1v) is 7.17. The summed E-state index contributed by atoms with van der Waals surface area (Å²) < 4.78 is 5.20. The van der Waals surface area contributed by atoms with Crippen LogP contribution in [0.15, 0.2) is 29.0 Å². The van der Waals surface area contributed by atoms with Crippen LogP contribution in [0.2, 0.25) is 0 Å². The van der Waals surface area contributed by atoms with Crippen LogP contribution in [0.1, 0.15) is 43.0 Å². The molecule has 2 heterocycles. The Morgan fingerprint density at radius 1 is 1.38 bits per heavy atom. The minimum atomic E-state index is -0.241. The standard InChI is InChI=1S/C15H20N4O2/c1-2-3-4-5-8-17-15(20)11-10-18-14(19-13(11)16)12-7-6-9-21-12/h6-7,9-10H,2-5,8H2,1H3,(H,17,20)(H2,16,18,19). The highest BCUT2D eigenvalue weighted by Crippen LogP contribution is 2.17. The summed E-state index contributed by atoms with van der Waals surface area (Å²) in [6.07, 6.45) is 7.39. The lowest BCUT2D eigenvalue weighted by Gasteiger charge is -2.07. The minimum Gasteiger partial charge on any atom is -0.461 e. The number of rotatable bonds is 7. The topological polar surface area (TPSA) is 94.0 Å². The van der Waals surface area contributed by atoms with Crippen molar-refractivity contribution < 1.29 is 9.21 Å². The Balaban J connectivity index is 1.95. The molecule has 6 heteroatoms. The van der Waals surface area contributed by atoms with E-state index in [9.17, 15) is 4.79 Å². The van der Waals surface area contributed by atoms with Gasteiger partial charge in [-0.1, -0.05) is 26.2 Å². The van der Waals surface area contributed by atoms with E-state index in [4.69, 9.17) is 10.2 Å². The predicted molar refractivity (Wildman–Crippen MR) is 80.6 cm³/mol. The first-order valence-electron chi connectivity index (χ1n) is 7.17. The average molecular weight is 288 g/mol. The van der Waals surface area contributed by atoms with Crippen molar-refractivity contribution in [2.24, 2.45) is 0 Å². The van der Waals surface area contributed by atoms with E-state index in [-0.39, 0.29) is 11.7 Å². The highest BCUT2D eigenvalue weighted by Gasteiger charge is 2.13. The van der Waals surface area contributed by atoms with Gasteiger partial charge in [0.2, 0.25) is 0 Å². The molecule has 0 bridgehead atoms. The highest BCUT2D eigenvalue weighted by atomic mass is 16.3. The zero-order valence-electron chi connectivity index (χ0n) is 12.1. The zero-order valence-corrected chi connectivity index (χ0v) is 12.1. The largest absolute Gasteiger partial charge is 0.461 e. The van der Waals surface area contributed by atoms with E-state index in [2.05, 4.69) is 22.2 Å². The lowest BCUT2D eigenvalue weighted by molar-refractivity contribution is 0.0953. The van der Waals surface area contributed by atoms with Crippen LogP contribution in [0.25, 0.3) is 11.6 Å². The van der Waals surface area contributed by atoms with E-state index >= 15 is 0 Å². The maximum absolute atomic E-state index is 12.0. The highest BCUT2D eigenvalue weighted by molar-refractivity contribution is 5.98. The number of hydrogen-bond donors (Lipinski definition) is 2. The van der Waals surface area contributed by atoms with Crippen LogP contribution in [0, 0.1) is 0 Å². The molecule has 0 radical (unpaired) electrons. The molecule has 3 N–H and O–H groups in total. The number of carbonyl (C=O) groups excluding carboxylic acids is 1. The number of furan rings is 1. The molecule has 0 fully saturated rings. The summed E-state index contributed by atoms with van der Waals surface area (Å²) in [5, 5.41) is 2.83. The second-order valence-corrected chi connectivity index (χ2v) is 4.79. The molecule has 0 aliphatic carbocycles. The molecule has 2 aromatic rings. The Morgan fingerprint density at radius 3 is 2.90 bits per heavy atom. The summed E-state index contributed by atoms with van der Waals surface area (Å²) in [5.74, 6) is 0.808. The summed E-state index contributed by atoms with van der Waals surface area (Å²) in [4.78, 5) is 20.2. The van der Waals surface area contributed by atoms with Crippen LogP contribution < -0.4 is 11.1 Å². The minimum absolute atomic E-state index is 0.155. The number of nitrogens with two attached hydrogens (primary N) is 1. The summed E-state index contributed by atoms with van der Waals surface area (Å²) in [5.41, 5.74) is 6.12. The molecular weight excluding hydrogens is 268 g/mol. The third-order valence-corrected chi connectivity index (χ3v) is 3.12. The van der Waals surface area contributed by atoms with Gasteiger partial charge < -0.3 is 15.5 Å². The van der Waals surface area contributed by atoms with Crippen LogP contribution >= 0.6 is 0 Å². The Morgan fingerprint density at radius 2 is 2.24 bits per heavy atom. The fourth-order valence-electron chi connectivity index (χ4n) is 1.94. The maximum Gasteiger partial charge on any atom is 0.256 e. The Kier molecular flexibility index (Phi) is 5.31. The number of nitrogen functional groups attached to an aromatic ring is 1. The van der Waals surface area contributed by atoms with Gasteiger partial charge in [0, 0.05) is 12.7 Å². The second kappa shape index (κ2) is 7.42. The van der Waals surface area contributed by atoms with Crippen LogP contribution in [0.3, 0.4) is 0 Å². The lowest BCUT2D eigenvalue weighted by atomic mass is 10.2. The van der Waals surface area contributed by atoms with Crippen molar-refractivity contribution >= 4 is 11.7 Å². The van der Waals surface area contributed by atoms with Crippen LogP contribution in [0.5, 0.6) is 0 Å². The van der Waals surface area contributed by atoms with Gasteiger partial charge in [-0.25, -0.2) is 9.97 Å². The Labute approximate surface area is 123 Å². The van der Waals surface area contributed by atoms with Crippen LogP contribution in [-0.4, -0.2) is 22.4 Å². The van der Waals surface area contributed by atoms with Gasteiger partial charge in [-0.15, -0.1) is 0 Å². The van der Waals surface area contributed by atoms with E-state index in [1.165, 1.54) is 25.3 Å². The predicted octanol–water partition coefficient (Wildman–Crippen LogP) is 2.63. The zero-order chi connectivity index (χ0) is 15.1. The van der Waals surface area contributed by atoms with E-state index < -0.39 is 0 Å². The second-order valence-electron chi connectivity index (χ2n) is 4.79. The summed E-state index contributed by atoms with van der Waals surface area (Å²) >= 11 is 0. The van der Waals surface area contributed by atoms with Crippen molar-refractivity contribution in [3.05, 3.63) is 30.2 Å². The summed E-state index contributed by atoms with van der Waals surface area (Å²) in [7, 11) is 0. The number of aromatic nitrogens is 2. The van der Waals surface area contributed by atoms with Gasteiger partial charge in [0.1, 0.15) is 5.82 Å². The van der Waals surface area contributed by atoms with Gasteiger partial charge in [0.25, 0.3) is 5.91 Å². The number of unbranched alkanes of at least 4 members (excludes halogenated alkanes) is 3. The quantitative estimate of drug-likeness (QED) is 0.764. The molecule has 21 heavy (non-hydrogen) atoms. The molecule has 0 atom stereocenters. The van der Waals surface area contributed by atoms with Crippen molar-refractivity contribution in [3.63, 3.8) is 0 Å². The number of carbonyl (C=O) groups is 1. The number of hydrogen-bond acceptors (Lipinski definition) is 5. The van der Waals surface area contributed by atoms with E-state index in [0.29, 0.717) is 23.7 Å². The molecule has 1 amide bonds. The van der Waals surface area contributed by atoms with Crippen molar-refractivity contribution in [1.82, 2.24) is 15.3 Å². The molecular formula is C15H20N4O2. The van der Waals surface area contributed by atoms with Gasteiger partial charge in [0.15, 0.2) is 11.6 Å². The maximum atomic E-state index is 12.0. The van der Waals surface area contributed by atoms with Gasteiger partial charge in [-0.2, -0.15) is 0 Å². The van der Waals surface area contributed by atoms with Crippen molar-refractivity contribution in [3.8, 4) is 11.6 Å². The molecule has 0 aliphatic rings. The molecule has 0 aliphatic heterocycles. The van der Waals surface area contributed by atoms with Gasteiger partial charge >= 0.3 is 0 Å². The fraction of sp³-hybridized carbons (Fsp3) is 0.400. The van der Waals surface area contributed by atoms with Crippen LogP contribution in [-0.2, 0) is 0 Å². The lowest BCUT2D eigenvalue weighted by Crippen LogP contribution is -2.26. The van der Waals surface area contributed by atoms with Crippen molar-refractivity contribution in [2.45, 2.75) is 32.6 Å². The average Bonchev–Trinajstić information content (AvgIpc) is 3.01. The van der Waals surface area contributed by atoms with E-state index in [0.717, 1.165) is 12.8 Å². The normalized spacial score (nSPS) is 10.5. The first-order chi connectivity index (χ1) is 10.2. The van der Waals surface area contributed by atoms with Crippen molar-refractivity contribution in [2.75, 3.05) is 12.3 Å². The molecule has 112 valence electrons. The molecule has 0 saturated carbocycles. The molecule has 0 saturated heterocycles. The number of amides is 1. The first kappa shape index (κ1) is 15.0. The van der Waals surface area contributed by atoms with Gasteiger partial charge in [0.05, 0.1) is 11.8 Å². The molecule has 0 aromatic carbocycles. The van der Waals surface area contributed by atoms with Gasteiger partial charge in [-0.3, -0.25) is 4.79 Å². The summed E-state index contributed by atoms with van der Waals surface area (Å²) in [6.45, 7) is 2.79. The third-order valence-electron chi connectivity index (χ3n) is 3.12. The molecule has 2 aromatic heterocycles.